The first-order valence-corrected chi connectivity index (χ1v) is 12.1. The maximum Gasteiger partial charge on any atom is 0.283 e. The monoisotopic (exact) mass is 523 g/mol. The van der Waals surface area contributed by atoms with Crippen LogP contribution in [0.15, 0.2) is 114 Å². The first-order chi connectivity index (χ1) is 18.4. The Morgan fingerprint density at radius 1 is 0.737 bits per heavy atom. The number of benzene rings is 4. The zero-order chi connectivity index (χ0) is 26.6. The summed E-state index contributed by atoms with van der Waals surface area (Å²) in [6, 6.07) is 30.0. The Balaban J connectivity index is 1.22. The average molecular weight is 524 g/mol. The molecule has 188 valence electrons. The lowest BCUT2D eigenvalue weighted by Crippen LogP contribution is -2.32. The van der Waals surface area contributed by atoms with Crippen LogP contribution in [0.5, 0.6) is 11.5 Å². The average Bonchev–Trinajstić information content (AvgIpc) is 3.14. The van der Waals surface area contributed by atoms with Gasteiger partial charge in [-0.2, -0.15) is 0 Å². The second-order valence-electron chi connectivity index (χ2n) is 8.57. The van der Waals surface area contributed by atoms with Gasteiger partial charge in [-0.05, 0) is 79.7 Å². The molecule has 0 unspecified atom stereocenters. The van der Waals surface area contributed by atoms with E-state index in [1.165, 1.54) is 0 Å². The van der Waals surface area contributed by atoms with Crippen LogP contribution in [-0.2, 0) is 9.59 Å². The quantitative estimate of drug-likeness (QED) is 0.271. The fraction of sp³-hybridized carbons (Fsp3) is 0.0333. The number of aryl methyl sites for hydroxylation is 1. The number of carbonyl (C=O) groups excluding carboxylic acids is 3. The number of nitrogens with zero attached hydrogens (tertiary/aromatic N) is 1. The van der Waals surface area contributed by atoms with Crippen molar-refractivity contribution < 1.29 is 19.1 Å². The lowest BCUT2D eigenvalue weighted by atomic mass is 10.2. The van der Waals surface area contributed by atoms with E-state index in [1.807, 2.05) is 49.4 Å². The van der Waals surface area contributed by atoms with Crippen molar-refractivity contribution in [3.63, 3.8) is 0 Å². The molecule has 7 nitrogen and oxygen atoms in total. The number of para-hydroxylation sites is 1. The van der Waals surface area contributed by atoms with Gasteiger partial charge in [0.1, 0.15) is 22.2 Å². The van der Waals surface area contributed by atoms with Crippen molar-refractivity contribution >= 4 is 46.4 Å². The van der Waals surface area contributed by atoms with Gasteiger partial charge in [-0.3, -0.25) is 14.4 Å². The largest absolute Gasteiger partial charge is 0.457 e. The van der Waals surface area contributed by atoms with Crippen molar-refractivity contribution in [2.45, 2.75) is 6.92 Å². The normalized spacial score (nSPS) is 13.1. The molecular weight excluding hydrogens is 502 g/mol. The summed E-state index contributed by atoms with van der Waals surface area (Å²) < 4.78 is 5.77. The molecule has 0 saturated carbocycles. The fourth-order valence-corrected chi connectivity index (χ4v) is 4.04. The zero-order valence-corrected chi connectivity index (χ0v) is 21.0. The van der Waals surface area contributed by atoms with Crippen molar-refractivity contribution in [2.24, 2.45) is 0 Å². The Morgan fingerprint density at radius 2 is 1.34 bits per heavy atom. The van der Waals surface area contributed by atoms with Gasteiger partial charge in [0.05, 0.1) is 5.69 Å². The van der Waals surface area contributed by atoms with E-state index in [9.17, 15) is 14.4 Å². The van der Waals surface area contributed by atoms with Crippen LogP contribution in [0, 0.1) is 6.92 Å². The number of hydrogen-bond donors (Lipinski definition) is 2. The van der Waals surface area contributed by atoms with E-state index in [2.05, 4.69) is 10.6 Å². The number of nitrogens with one attached hydrogen (secondary N) is 2. The van der Waals surface area contributed by atoms with Crippen molar-refractivity contribution in [2.75, 3.05) is 15.5 Å². The van der Waals surface area contributed by atoms with E-state index >= 15 is 0 Å². The second-order valence-corrected chi connectivity index (χ2v) is 8.94. The summed E-state index contributed by atoms with van der Waals surface area (Å²) in [6.45, 7) is 1.91. The summed E-state index contributed by atoms with van der Waals surface area (Å²) in [7, 11) is 0. The SMILES string of the molecule is Cc1ccc(N2C(=O)C(Cl)=C(Nc3ccc(C(=O)Nc4ccc(Oc5ccccc5)cc4)cc3)C2=O)cc1. The molecule has 0 atom stereocenters. The summed E-state index contributed by atoms with van der Waals surface area (Å²) in [6.07, 6.45) is 0. The minimum absolute atomic E-state index is 0.0211. The van der Waals surface area contributed by atoms with Crippen LogP contribution < -0.4 is 20.3 Å². The first-order valence-electron chi connectivity index (χ1n) is 11.8. The number of imide groups is 1. The molecule has 0 fully saturated rings. The standard InChI is InChI=1S/C30H22ClN3O4/c1-19-7-15-23(16-8-19)34-29(36)26(31)27(30(34)37)32-21-11-9-20(10-12-21)28(35)33-22-13-17-25(18-14-22)38-24-5-3-2-4-6-24/h2-18,32H,1H3,(H,33,35). The van der Waals surface area contributed by atoms with Gasteiger partial charge >= 0.3 is 0 Å². The van der Waals surface area contributed by atoms with Crippen molar-refractivity contribution in [3.05, 3.63) is 125 Å². The molecule has 0 aliphatic carbocycles. The van der Waals surface area contributed by atoms with E-state index in [4.69, 9.17) is 16.3 Å². The van der Waals surface area contributed by atoms with Gasteiger partial charge in [0.25, 0.3) is 17.7 Å². The molecule has 0 bridgehead atoms. The molecule has 8 heteroatoms. The summed E-state index contributed by atoms with van der Waals surface area (Å²) >= 11 is 6.21. The lowest BCUT2D eigenvalue weighted by molar-refractivity contribution is -0.120. The topological polar surface area (TPSA) is 87.7 Å². The van der Waals surface area contributed by atoms with Crippen LogP contribution in [0.2, 0.25) is 0 Å². The highest BCUT2D eigenvalue weighted by Gasteiger charge is 2.38. The summed E-state index contributed by atoms with van der Waals surface area (Å²) in [5, 5.41) is 5.56. The minimum atomic E-state index is -0.598. The van der Waals surface area contributed by atoms with Gasteiger partial charge in [0.2, 0.25) is 0 Å². The molecule has 3 amide bonds. The highest BCUT2D eigenvalue weighted by atomic mass is 35.5. The molecule has 0 radical (unpaired) electrons. The van der Waals surface area contributed by atoms with E-state index < -0.39 is 11.8 Å². The highest BCUT2D eigenvalue weighted by molar-refractivity contribution is 6.53. The Kier molecular flexibility index (Phi) is 6.93. The fourth-order valence-electron chi connectivity index (χ4n) is 3.82. The van der Waals surface area contributed by atoms with Crippen LogP contribution >= 0.6 is 11.6 Å². The highest BCUT2D eigenvalue weighted by Crippen LogP contribution is 2.30. The smallest absolute Gasteiger partial charge is 0.283 e. The molecule has 0 saturated heterocycles. The number of hydrogen-bond acceptors (Lipinski definition) is 5. The molecule has 5 rings (SSSR count). The third kappa shape index (κ3) is 5.28. The Hall–Kier alpha value is -4.88. The zero-order valence-electron chi connectivity index (χ0n) is 20.3. The first kappa shape index (κ1) is 24.8. The molecular formula is C30H22ClN3O4. The minimum Gasteiger partial charge on any atom is -0.457 e. The summed E-state index contributed by atoms with van der Waals surface area (Å²) in [4.78, 5) is 39.3. The molecule has 0 spiro atoms. The van der Waals surface area contributed by atoms with Gasteiger partial charge in [-0.1, -0.05) is 47.5 Å². The predicted molar refractivity (Wildman–Crippen MR) is 148 cm³/mol. The van der Waals surface area contributed by atoms with Crippen LogP contribution in [0.25, 0.3) is 0 Å². The van der Waals surface area contributed by atoms with Gasteiger partial charge in [-0.15, -0.1) is 0 Å². The Morgan fingerprint density at radius 3 is 2.00 bits per heavy atom. The van der Waals surface area contributed by atoms with Gasteiger partial charge < -0.3 is 15.4 Å². The van der Waals surface area contributed by atoms with E-state index in [-0.39, 0.29) is 16.6 Å². The number of ether oxygens (including phenoxy) is 1. The third-order valence-electron chi connectivity index (χ3n) is 5.83. The molecule has 0 aromatic heterocycles. The number of amides is 3. The van der Waals surface area contributed by atoms with Crippen molar-refractivity contribution in [1.29, 1.82) is 0 Å². The number of carbonyl (C=O) groups is 3. The molecule has 1 heterocycles. The van der Waals surface area contributed by atoms with E-state index in [1.54, 1.807) is 60.7 Å². The maximum absolute atomic E-state index is 12.9. The van der Waals surface area contributed by atoms with Crippen LogP contribution in [0.3, 0.4) is 0 Å². The molecule has 4 aromatic carbocycles. The molecule has 4 aromatic rings. The molecule has 38 heavy (non-hydrogen) atoms. The third-order valence-corrected chi connectivity index (χ3v) is 6.18. The van der Waals surface area contributed by atoms with Crippen LogP contribution in [-0.4, -0.2) is 17.7 Å². The lowest BCUT2D eigenvalue weighted by Gasteiger charge is -2.15. The summed E-state index contributed by atoms with van der Waals surface area (Å²) in [5.74, 6) is -0.0761. The number of anilines is 3. The predicted octanol–water partition coefficient (Wildman–Crippen LogP) is 6.48. The van der Waals surface area contributed by atoms with Crippen LogP contribution in [0.1, 0.15) is 15.9 Å². The maximum atomic E-state index is 12.9. The number of halogens is 1. The van der Waals surface area contributed by atoms with Crippen molar-refractivity contribution in [1.82, 2.24) is 0 Å². The summed E-state index contributed by atoms with van der Waals surface area (Å²) in [5.41, 5.74) is 2.95. The van der Waals surface area contributed by atoms with Gasteiger partial charge in [-0.25, -0.2) is 4.90 Å². The molecule has 1 aliphatic heterocycles. The van der Waals surface area contributed by atoms with Crippen molar-refractivity contribution in [3.8, 4) is 11.5 Å². The van der Waals surface area contributed by atoms with Gasteiger partial charge in [0, 0.05) is 16.9 Å². The van der Waals surface area contributed by atoms with Crippen LogP contribution in [0.4, 0.5) is 17.1 Å². The Bertz CT molecular complexity index is 1530. The number of rotatable bonds is 7. The van der Waals surface area contributed by atoms with Gasteiger partial charge in [0.15, 0.2) is 0 Å². The second kappa shape index (κ2) is 10.6. The van der Waals surface area contributed by atoms with E-state index in [0.717, 1.165) is 16.2 Å². The molecule has 1 aliphatic rings. The Labute approximate surface area is 224 Å². The molecule has 2 N–H and O–H groups in total. The van der Waals surface area contributed by atoms with E-state index in [0.29, 0.717) is 28.4 Å².